The molecule has 0 radical (unpaired) electrons. The van der Waals surface area contributed by atoms with Crippen molar-refractivity contribution in [2.45, 2.75) is 19.5 Å². The zero-order chi connectivity index (χ0) is 25.1. The summed E-state index contributed by atoms with van der Waals surface area (Å²) >= 11 is 0. The number of nitrogens with zero attached hydrogens (tertiary/aromatic N) is 4. The second kappa shape index (κ2) is 9.61. The first-order valence-corrected chi connectivity index (χ1v) is 11.1. The molecule has 0 saturated carbocycles. The van der Waals surface area contributed by atoms with Crippen molar-refractivity contribution in [2.24, 2.45) is 0 Å². The zero-order valence-electron chi connectivity index (χ0n) is 18.9. The fourth-order valence-corrected chi connectivity index (χ4v) is 4.14. The molecular formula is C25H21F3N6O2. The summed E-state index contributed by atoms with van der Waals surface area (Å²) in [4.78, 5) is 19.3. The van der Waals surface area contributed by atoms with Gasteiger partial charge in [0.15, 0.2) is 5.82 Å². The summed E-state index contributed by atoms with van der Waals surface area (Å²) < 4.78 is 45.6. The minimum Gasteiger partial charge on any atom is -0.406 e. The zero-order valence-corrected chi connectivity index (χ0v) is 18.9. The highest BCUT2D eigenvalue weighted by Crippen LogP contribution is 2.28. The number of anilines is 2. The van der Waals surface area contributed by atoms with Crippen LogP contribution in [0.1, 0.15) is 5.56 Å². The highest BCUT2D eigenvalue weighted by molar-refractivity contribution is 5.90. The van der Waals surface area contributed by atoms with Crippen molar-refractivity contribution in [3.05, 3.63) is 78.9 Å². The molecule has 0 spiro atoms. The van der Waals surface area contributed by atoms with Gasteiger partial charge in [-0.25, -0.2) is 9.97 Å². The maximum absolute atomic E-state index is 12.6. The first-order valence-electron chi connectivity index (χ1n) is 11.1. The van der Waals surface area contributed by atoms with E-state index < -0.39 is 6.36 Å². The lowest BCUT2D eigenvalue weighted by atomic mass is 10.2. The molecule has 5 aromatic rings. The molecule has 3 aromatic heterocycles. The quantitative estimate of drug-likeness (QED) is 0.227. The fourth-order valence-electron chi connectivity index (χ4n) is 4.14. The Hall–Kier alpha value is -4.54. The van der Waals surface area contributed by atoms with E-state index in [0.29, 0.717) is 37.4 Å². The Morgan fingerprint density at radius 2 is 1.86 bits per heavy atom. The topological polar surface area (TPSA) is 86.0 Å². The number of nitrogens with one attached hydrogen (secondary N) is 2. The van der Waals surface area contributed by atoms with Gasteiger partial charge in [0.2, 0.25) is 6.41 Å². The molecule has 0 atom stereocenters. The Balaban J connectivity index is 1.37. The predicted molar refractivity (Wildman–Crippen MR) is 129 cm³/mol. The summed E-state index contributed by atoms with van der Waals surface area (Å²) in [7, 11) is 0. The summed E-state index contributed by atoms with van der Waals surface area (Å²) in [5.74, 6) is 0.391. The van der Waals surface area contributed by atoms with Gasteiger partial charge in [-0.05, 0) is 48.0 Å². The Bertz CT molecular complexity index is 1530. The van der Waals surface area contributed by atoms with Gasteiger partial charge in [-0.1, -0.05) is 12.1 Å². The Kier molecular flexibility index (Phi) is 6.19. The van der Waals surface area contributed by atoms with Crippen LogP contribution in [0, 0.1) is 0 Å². The van der Waals surface area contributed by atoms with Crippen LogP contribution in [0.25, 0.3) is 21.9 Å². The van der Waals surface area contributed by atoms with E-state index in [4.69, 9.17) is 0 Å². The third kappa shape index (κ3) is 5.09. The first-order chi connectivity index (χ1) is 17.4. The van der Waals surface area contributed by atoms with Crippen molar-refractivity contribution in [2.75, 3.05) is 11.9 Å². The number of ether oxygens (including phenoxy) is 1. The summed E-state index contributed by atoms with van der Waals surface area (Å²) in [6.07, 6.45) is 1.21. The minimum absolute atomic E-state index is 0.245. The van der Waals surface area contributed by atoms with Crippen LogP contribution in [0.5, 0.6) is 5.75 Å². The smallest absolute Gasteiger partial charge is 0.406 e. The molecule has 0 aliphatic heterocycles. The normalized spacial score (nSPS) is 11.6. The first kappa shape index (κ1) is 23.2. The molecule has 0 unspecified atom stereocenters. The molecule has 3 heterocycles. The number of aromatic nitrogens is 4. The third-order valence-electron chi connectivity index (χ3n) is 5.65. The lowest BCUT2D eigenvalue weighted by Crippen LogP contribution is -2.17. The number of alkyl halides is 3. The van der Waals surface area contributed by atoms with Crippen LogP contribution in [0.2, 0.25) is 0 Å². The van der Waals surface area contributed by atoms with E-state index in [-0.39, 0.29) is 5.75 Å². The van der Waals surface area contributed by atoms with Crippen LogP contribution in [-0.2, 0) is 17.9 Å². The summed E-state index contributed by atoms with van der Waals surface area (Å²) in [5.41, 5.74) is 4.04. The van der Waals surface area contributed by atoms with Gasteiger partial charge in [0.25, 0.3) is 0 Å². The number of halogens is 3. The highest BCUT2D eigenvalue weighted by atomic mass is 19.4. The molecule has 0 fully saturated rings. The molecule has 0 aliphatic rings. The van der Waals surface area contributed by atoms with Crippen LogP contribution in [0.15, 0.2) is 73.3 Å². The van der Waals surface area contributed by atoms with Gasteiger partial charge in [0, 0.05) is 48.6 Å². The van der Waals surface area contributed by atoms with Gasteiger partial charge in [-0.3, -0.25) is 4.79 Å². The monoisotopic (exact) mass is 494 g/mol. The molecule has 11 heteroatoms. The van der Waals surface area contributed by atoms with Crippen molar-refractivity contribution in [3.8, 4) is 5.75 Å². The van der Waals surface area contributed by atoms with Crippen LogP contribution in [0.4, 0.5) is 24.7 Å². The summed E-state index contributed by atoms with van der Waals surface area (Å²) in [5, 5.41) is 6.96. The van der Waals surface area contributed by atoms with Crippen molar-refractivity contribution >= 4 is 39.9 Å². The Morgan fingerprint density at radius 1 is 1.00 bits per heavy atom. The average Bonchev–Trinajstić information content (AvgIpc) is 3.43. The van der Waals surface area contributed by atoms with Gasteiger partial charge in [0.05, 0.1) is 5.52 Å². The SMILES string of the molecule is O=CNCCn1ccc2ncnc(Nc3ccc4c(ccn4Cc4cccc(OC(F)(F)F)c4)c3)c21. The summed E-state index contributed by atoms with van der Waals surface area (Å²) in [6, 6.07) is 15.6. The van der Waals surface area contributed by atoms with Crippen molar-refractivity contribution < 1.29 is 22.7 Å². The van der Waals surface area contributed by atoms with Crippen molar-refractivity contribution in [1.29, 1.82) is 0 Å². The number of carbonyl (C=O) groups excluding carboxylic acids is 1. The largest absolute Gasteiger partial charge is 0.573 e. The molecule has 1 amide bonds. The Morgan fingerprint density at radius 3 is 2.69 bits per heavy atom. The lowest BCUT2D eigenvalue weighted by molar-refractivity contribution is -0.274. The summed E-state index contributed by atoms with van der Waals surface area (Å²) in [6.45, 7) is 1.44. The van der Waals surface area contributed by atoms with Crippen LogP contribution < -0.4 is 15.4 Å². The third-order valence-corrected chi connectivity index (χ3v) is 5.65. The maximum Gasteiger partial charge on any atom is 0.573 e. The number of hydrogen-bond acceptors (Lipinski definition) is 5. The van der Waals surface area contributed by atoms with Gasteiger partial charge in [-0.15, -0.1) is 13.2 Å². The number of amides is 1. The van der Waals surface area contributed by atoms with E-state index in [1.54, 1.807) is 6.07 Å². The molecule has 0 aliphatic carbocycles. The molecule has 2 aromatic carbocycles. The second-order valence-corrected chi connectivity index (χ2v) is 8.07. The number of benzene rings is 2. The number of rotatable bonds is 9. The van der Waals surface area contributed by atoms with Crippen molar-refractivity contribution in [1.82, 2.24) is 24.4 Å². The molecule has 184 valence electrons. The van der Waals surface area contributed by atoms with Gasteiger partial charge < -0.3 is 24.5 Å². The maximum atomic E-state index is 12.6. The fraction of sp³-hybridized carbons (Fsp3) is 0.160. The van der Waals surface area contributed by atoms with Crippen molar-refractivity contribution in [3.63, 3.8) is 0 Å². The lowest BCUT2D eigenvalue weighted by Gasteiger charge is -2.12. The standard InChI is InChI=1S/C25H21F3N6O2/c26-25(27,28)36-20-3-1-2-17(12-20)14-34-9-6-18-13-19(4-5-22(18)34)32-24-23-21(30-15-31-24)7-10-33(23)11-8-29-16-35/h1-7,9-10,12-13,15-16H,8,11,14H2,(H,29,35)(H,30,31,32). The van der Waals surface area contributed by atoms with Gasteiger partial charge in [0.1, 0.15) is 17.6 Å². The van der Waals surface area contributed by atoms with Gasteiger partial charge >= 0.3 is 6.36 Å². The van der Waals surface area contributed by atoms with E-state index in [0.717, 1.165) is 27.6 Å². The number of carbonyl (C=O) groups is 1. The molecule has 8 nitrogen and oxygen atoms in total. The molecular weight excluding hydrogens is 473 g/mol. The average molecular weight is 494 g/mol. The second-order valence-electron chi connectivity index (χ2n) is 8.07. The molecule has 5 rings (SSSR count). The molecule has 0 saturated heterocycles. The molecule has 36 heavy (non-hydrogen) atoms. The van der Waals surface area contributed by atoms with E-state index in [9.17, 15) is 18.0 Å². The van der Waals surface area contributed by atoms with E-state index in [1.807, 2.05) is 51.9 Å². The highest BCUT2D eigenvalue weighted by Gasteiger charge is 2.31. The molecule has 0 bridgehead atoms. The minimum atomic E-state index is -4.73. The number of fused-ring (bicyclic) bond motifs is 2. The van der Waals surface area contributed by atoms with Crippen LogP contribution in [-0.4, -0.2) is 38.4 Å². The number of hydrogen-bond donors (Lipinski definition) is 2. The molecule has 2 N–H and O–H groups in total. The van der Waals surface area contributed by atoms with E-state index >= 15 is 0 Å². The van der Waals surface area contributed by atoms with Crippen LogP contribution >= 0.6 is 0 Å². The van der Waals surface area contributed by atoms with E-state index in [2.05, 4.69) is 25.3 Å². The van der Waals surface area contributed by atoms with E-state index in [1.165, 1.54) is 24.5 Å². The Labute approximate surface area is 203 Å². The predicted octanol–water partition coefficient (Wildman–Crippen LogP) is 4.82. The van der Waals surface area contributed by atoms with Gasteiger partial charge in [-0.2, -0.15) is 0 Å². The van der Waals surface area contributed by atoms with Crippen LogP contribution in [0.3, 0.4) is 0 Å².